The molecule has 4 nitrogen and oxygen atoms in total. The van der Waals surface area contributed by atoms with Crippen LogP contribution in [0.1, 0.15) is 31.2 Å². The van der Waals surface area contributed by atoms with Crippen molar-refractivity contribution in [2.45, 2.75) is 25.5 Å². The van der Waals surface area contributed by atoms with Gasteiger partial charge in [0, 0.05) is 5.56 Å². The predicted octanol–water partition coefficient (Wildman–Crippen LogP) is 3.84. The molecule has 0 fully saturated rings. The number of thioether (sulfide) groups is 1. The highest BCUT2D eigenvalue weighted by molar-refractivity contribution is 7.97. The van der Waals surface area contributed by atoms with E-state index in [1.807, 2.05) is 4.52 Å². The molecule has 6 heteroatoms. The summed E-state index contributed by atoms with van der Waals surface area (Å²) in [4.78, 5) is 0.858. The average Bonchev–Trinajstić information content (AvgIpc) is 3.01. The molecule has 0 bridgehead atoms. The Labute approximate surface area is 126 Å². The Morgan fingerprint density at radius 1 is 1.20 bits per heavy atom. The number of hydrogen-bond donors (Lipinski definition) is 0. The first-order valence-electron chi connectivity index (χ1n) is 6.49. The molecule has 0 radical (unpaired) electrons. The normalized spacial score (nSPS) is 11.6. The van der Waals surface area contributed by atoms with Gasteiger partial charge in [-0.2, -0.15) is 21.4 Å². The molecule has 0 N–H and O–H groups in total. The van der Waals surface area contributed by atoms with Crippen molar-refractivity contribution in [1.82, 2.24) is 19.8 Å². The Bertz CT molecular complexity index is 712. The first kappa shape index (κ1) is 13.6. The van der Waals surface area contributed by atoms with Gasteiger partial charge in [-0.15, -0.1) is 10.2 Å². The monoisotopic (exact) mass is 304 g/mol. The van der Waals surface area contributed by atoms with Crippen LogP contribution in [-0.2, 0) is 5.75 Å². The van der Waals surface area contributed by atoms with E-state index in [0.29, 0.717) is 5.92 Å². The van der Waals surface area contributed by atoms with Gasteiger partial charge in [0.05, 0.1) is 5.75 Å². The molecule has 2 heterocycles. The van der Waals surface area contributed by atoms with Gasteiger partial charge >= 0.3 is 0 Å². The van der Waals surface area contributed by atoms with E-state index in [1.165, 1.54) is 5.56 Å². The molecule has 0 saturated heterocycles. The third kappa shape index (κ3) is 2.45. The summed E-state index contributed by atoms with van der Waals surface area (Å²) in [5, 5.41) is 14.0. The van der Waals surface area contributed by atoms with Crippen LogP contribution in [0.5, 0.6) is 0 Å². The lowest BCUT2D eigenvalue weighted by molar-refractivity contribution is 0.866. The van der Waals surface area contributed by atoms with Gasteiger partial charge in [0.2, 0.25) is 4.96 Å². The first-order chi connectivity index (χ1) is 9.69. The number of rotatable bonds is 4. The SMILES string of the molecule is CSCc1nnc2sc(-c3ccc(C(C)C)cc3)nn12. The van der Waals surface area contributed by atoms with E-state index in [4.69, 9.17) is 0 Å². The Hall–Kier alpha value is -1.40. The molecule has 0 aliphatic heterocycles. The lowest BCUT2D eigenvalue weighted by Gasteiger charge is -2.04. The summed E-state index contributed by atoms with van der Waals surface area (Å²) in [6.07, 6.45) is 2.05. The van der Waals surface area contributed by atoms with Crippen molar-refractivity contribution >= 4 is 28.1 Å². The Morgan fingerprint density at radius 3 is 2.60 bits per heavy atom. The van der Waals surface area contributed by atoms with Gasteiger partial charge in [-0.3, -0.25) is 0 Å². The second-order valence-electron chi connectivity index (χ2n) is 4.93. The van der Waals surface area contributed by atoms with E-state index in [1.54, 1.807) is 23.1 Å². The van der Waals surface area contributed by atoms with Crippen LogP contribution >= 0.6 is 23.1 Å². The van der Waals surface area contributed by atoms with E-state index in [-0.39, 0.29) is 0 Å². The van der Waals surface area contributed by atoms with Gasteiger partial charge in [0.15, 0.2) is 5.82 Å². The second kappa shape index (κ2) is 5.54. The summed E-state index contributed by atoms with van der Waals surface area (Å²) in [6.45, 7) is 4.40. The van der Waals surface area contributed by atoms with Crippen molar-refractivity contribution < 1.29 is 0 Å². The topological polar surface area (TPSA) is 43.1 Å². The third-order valence-electron chi connectivity index (χ3n) is 3.15. The van der Waals surface area contributed by atoms with Crippen molar-refractivity contribution in [3.05, 3.63) is 35.7 Å². The van der Waals surface area contributed by atoms with Crippen molar-refractivity contribution in [2.24, 2.45) is 0 Å². The van der Waals surface area contributed by atoms with Gasteiger partial charge in [-0.05, 0) is 17.7 Å². The zero-order chi connectivity index (χ0) is 14.1. The fraction of sp³-hybridized carbons (Fsp3) is 0.357. The molecule has 0 amide bonds. The zero-order valence-electron chi connectivity index (χ0n) is 11.7. The molecule has 0 unspecified atom stereocenters. The highest BCUT2D eigenvalue weighted by Gasteiger charge is 2.12. The number of aromatic nitrogens is 4. The van der Waals surface area contributed by atoms with Crippen LogP contribution in [0.4, 0.5) is 0 Å². The molecular formula is C14H16N4S2. The highest BCUT2D eigenvalue weighted by atomic mass is 32.2. The van der Waals surface area contributed by atoms with E-state index in [0.717, 1.165) is 27.1 Å². The highest BCUT2D eigenvalue weighted by Crippen LogP contribution is 2.27. The van der Waals surface area contributed by atoms with Crippen LogP contribution in [0.2, 0.25) is 0 Å². The molecule has 0 aliphatic rings. The molecule has 0 aliphatic carbocycles. The molecule has 3 rings (SSSR count). The molecule has 0 spiro atoms. The maximum Gasteiger partial charge on any atom is 0.235 e. The second-order valence-corrected chi connectivity index (χ2v) is 6.75. The van der Waals surface area contributed by atoms with E-state index >= 15 is 0 Å². The molecular weight excluding hydrogens is 288 g/mol. The molecule has 1 aromatic carbocycles. The van der Waals surface area contributed by atoms with Gasteiger partial charge < -0.3 is 0 Å². The van der Waals surface area contributed by atoms with Crippen molar-refractivity contribution in [2.75, 3.05) is 6.26 Å². The number of nitrogens with zero attached hydrogens (tertiary/aromatic N) is 4. The maximum absolute atomic E-state index is 4.63. The third-order valence-corrected chi connectivity index (χ3v) is 4.65. The van der Waals surface area contributed by atoms with E-state index in [2.05, 4.69) is 59.7 Å². The van der Waals surface area contributed by atoms with Gasteiger partial charge in [-0.25, -0.2) is 0 Å². The van der Waals surface area contributed by atoms with E-state index in [9.17, 15) is 0 Å². The smallest absolute Gasteiger partial charge is 0.186 e. The van der Waals surface area contributed by atoms with E-state index < -0.39 is 0 Å². The average molecular weight is 304 g/mol. The van der Waals surface area contributed by atoms with Crippen molar-refractivity contribution in [3.63, 3.8) is 0 Å². The minimum Gasteiger partial charge on any atom is -0.186 e. The minimum atomic E-state index is 0.551. The fourth-order valence-electron chi connectivity index (χ4n) is 2.00. The molecule has 2 aromatic heterocycles. The van der Waals surface area contributed by atoms with Gasteiger partial charge in [-0.1, -0.05) is 49.4 Å². The Kier molecular flexibility index (Phi) is 3.76. The molecule has 0 atom stereocenters. The molecule has 20 heavy (non-hydrogen) atoms. The quantitative estimate of drug-likeness (QED) is 0.734. The van der Waals surface area contributed by atoms with Crippen LogP contribution in [-0.4, -0.2) is 26.1 Å². The predicted molar refractivity (Wildman–Crippen MR) is 85.4 cm³/mol. The standard InChI is InChI=1S/C14H16N4S2/c1-9(2)10-4-6-11(7-5-10)13-17-18-12(8-19-3)15-16-14(18)20-13/h4-7,9H,8H2,1-3H3. The van der Waals surface area contributed by atoms with Crippen LogP contribution in [0.25, 0.3) is 15.5 Å². The summed E-state index contributed by atoms with van der Waals surface area (Å²) in [7, 11) is 0. The van der Waals surface area contributed by atoms with Crippen LogP contribution < -0.4 is 0 Å². The maximum atomic E-state index is 4.63. The Balaban J connectivity index is 1.97. The Morgan fingerprint density at radius 2 is 1.95 bits per heavy atom. The van der Waals surface area contributed by atoms with Crippen molar-refractivity contribution in [1.29, 1.82) is 0 Å². The number of hydrogen-bond acceptors (Lipinski definition) is 5. The van der Waals surface area contributed by atoms with Gasteiger partial charge in [0.1, 0.15) is 5.01 Å². The molecule has 104 valence electrons. The zero-order valence-corrected chi connectivity index (χ0v) is 13.3. The molecule has 0 saturated carbocycles. The minimum absolute atomic E-state index is 0.551. The number of fused-ring (bicyclic) bond motifs is 1. The van der Waals surface area contributed by atoms with Crippen molar-refractivity contribution in [3.8, 4) is 10.6 Å². The fourth-order valence-corrected chi connectivity index (χ4v) is 3.31. The summed E-state index contributed by atoms with van der Waals surface area (Å²) in [5.74, 6) is 2.29. The molecule has 3 aromatic rings. The summed E-state index contributed by atoms with van der Waals surface area (Å²) in [5.41, 5.74) is 2.49. The van der Waals surface area contributed by atoms with Crippen LogP contribution in [0.3, 0.4) is 0 Å². The lowest BCUT2D eigenvalue weighted by atomic mass is 10.0. The summed E-state index contributed by atoms with van der Waals surface area (Å²) >= 11 is 3.31. The number of benzene rings is 1. The summed E-state index contributed by atoms with van der Waals surface area (Å²) in [6, 6.07) is 8.61. The summed E-state index contributed by atoms with van der Waals surface area (Å²) < 4.78 is 1.85. The van der Waals surface area contributed by atoms with Gasteiger partial charge in [0.25, 0.3) is 0 Å². The first-order valence-corrected chi connectivity index (χ1v) is 8.70. The lowest BCUT2D eigenvalue weighted by Crippen LogP contribution is -1.93. The van der Waals surface area contributed by atoms with Crippen LogP contribution in [0, 0.1) is 0 Å². The largest absolute Gasteiger partial charge is 0.235 e. The van der Waals surface area contributed by atoms with Crippen LogP contribution in [0.15, 0.2) is 24.3 Å².